The van der Waals surface area contributed by atoms with E-state index in [-0.39, 0.29) is 13.2 Å². The van der Waals surface area contributed by atoms with Gasteiger partial charge >= 0.3 is 0 Å². The van der Waals surface area contributed by atoms with E-state index in [9.17, 15) is 0 Å². The van der Waals surface area contributed by atoms with Gasteiger partial charge in [0.1, 0.15) is 12.7 Å². The van der Waals surface area contributed by atoms with Gasteiger partial charge in [-0.1, -0.05) is 90.4 Å². The van der Waals surface area contributed by atoms with Crippen molar-refractivity contribution in [3.63, 3.8) is 0 Å². The fourth-order valence-corrected chi connectivity index (χ4v) is 2.81. The predicted molar refractivity (Wildman–Crippen MR) is 103 cm³/mol. The fourth-order valence-electron chi connectivity index (χ4n) is 2.81. The Balaban J connectivity index is 3.06. The number of aliphatic hydroxyl groups excluding tert-OH is 2. The van der Waals surface area contributed by atoms with Gasteiger partial charge in [-0.2, -0.15) is 0 Å². The molecule has 0 aromatic heterocycles. The number of unbranched alkanes of at least 4 members (excludes halogenated alkanes) is 14. The van der Waals surface area contributed by atoms with Gasteiger partial charge in [0.25, 0.3) is 0 Å². The predicted octanol–water partition coefficient (Wildman–Crippen LogP) is 5.74. The molecule has 2 N–H and O–H groups in total. The maximum absolute atomic E-state index is 9.08. The van der Waals surface area contributed by atoms with Crippen LogP contribution in [0.1, 0.15) is 103 Å². The standard InChI is InChI=1S/C21H42O3/c1-2-3-4-5-6-7-8-9-10-11-12-13-14-15-16-17-18-24-20-21(23)19-22/h17-18,21-23H,2-16,19-20H2,1H3/b18-17+. The average molecular weight is 343 g/mol. The molecule has 0 aliphatic carbocycles. The first-order valence-corrected chi connectivity index (χ1v) is 10.4. The van der Waals surface area contributed by atoms with Crippen molar-refractivity contribution in [2.75, 3.05) is 13.2 Å². The highest BCUT2D eigenvalue weighted by Gasteiger charge is 1.98. The van der Waals surface area contributed by atoms with Gasteiger partial charge in [-0.3, -0.25) is 0 Å². The molecule has 24 heavy (non-hydrogen) atoms. The highest BCUT2D eigenvalue weighted by Crippen LogP contribution is 2.13. The van der Waals surface area contributed by atoms with Crippen molar-refractivity contribution in [1.29, 1.82) is 0 Å². The topological polar surface area (TPSA) is 49.7 Å². The minimum atomic E-state index is -0.768. The lowest BCUT2D eigenvalue weighted by Gasteiger charge is -2.05. The first kappa shape index (κ1) is 23.5. The van der Waals surface area contributed by atoms with Gasteiger partial charge in [-0.15, -0.1) is 0 Å². The Hall–Kier alpha value is -0.540. The molecule has 0 aromatic carbocycles. The van der Waals surface area contributed by atoms with E-state index in [1.807, 2.05) is 6.08 Å². The highest BCUT2D eigenvalue weighted by atomic mass is 16.5. The van der Waals surface area contributed by atoms with E-state index in [0.29, 0.717) is 0 Å². The summed E-state index contributed by atoms with van der Waals surface area (Å²) in [6.45, 7) is 2.21. The summed E-state index contributed by atoms with van der Waals surface area (Å²) in [5, 5.41) is 17.7. The summed E-state index contributed by atoms with van der Waals surface area (Å²) >= 11 is 0. The Morgan fingerprint density at radius 1 is 0.750 bits per heavy atom. The molecule has 0 bridgehead atoms. The van der Waals surface area contributed by atoms with E-state index in [2.05, 4.69) is 6.92 Å². The molecule has 0 saturated carbocycles. The fraction of sp³-hybridized carbons (Fsp3) is 0.905. The van der Waals surface area contributed by atoms with Crippen LogP contribution in [0.25, 0.3) is 0 Å². The smallest absolute Gasteiger partial charge is 0.115 e. The van der Waals surface area contributed by atoms with Gasteiger partial charge in [0.05, 0.1) is 12.9 Å². The molecule has 0 rings (SSSR count). The number of hydrogen-bond acceptors (Lipinski definition) is 3. The molecule has 0 saturated heterocycles. The van der Waals surface area contributed by atoms with E-state index < -0.39 is 6.10 Å². The van der Waals surface area contributed by atoms with Crippen LogP contribution in [0.4, 0.5) is 0 Å². The molecule has 0 amide bonds. The molecule has 1 atom stereocenters. The molecule has 144 valence electrons. The molecular weight excluding hydrogens is 300 g/mol. The quantitative estimate of drug-likeness (QED) is 0.232. The van der Waals surface area contributed by atoms with E-state index in [1.165, 1.54) is 89.9 Å². The molecule has 3 heteroatoms. The van der Waals surface area contributed by atoms with Crippen molar-refractivity contribution in [2.45, 2.75) is 109 Å². The zero-order valence-electron chi connectivity index (χ0n) is 16.1. The van der Waals surface area contributed by atoms with Crippen LogP contribution in [0.2, 0.25) is 0 Å². The molecule has 0 aliphatic rings. The maximum Gasteiger partial charge on any atom is 0.115 e. The highest BCUT2D eigenvalue weighted by molar-refractivity contribution is 4.73. The number of aliphatic hydroxyl groups is 2. The number of ether oxygens (including phenoxy) is 1. The van der Waals surface area contributed by atoms with Crippen LogP contribution in [0.15, 0.2) is 12.3 Å². The molecule has 0 heterocycles. The van der Waals surface area contributed by atoms with Gasteiger partial charge < -0.3 is 14.9 Å². The number of hydrogen-bond donors (Lipinski definition) is 2. The van der Waals surface area contributed by atoms with Crippen molar-refractivity contribution in [2.24, 2.45) is 0 Å². The van der Waals surface area contributed by atoms with Gasteiger partial charge in [0, 0.05) is 0 Å². The Morgan fingerprint density at radius 3 is 1.67 bits per heavy atom. The maximum atomic E-state index is 9.08. The van der Waals surface area contributed by atoms with Crippen LogP contribution in [0, 0.1) is 0 Å². The second-order valence-electron chi connectivity index (χ2n) is 6.93. The van der Waals surface area contributed by atoms with Crippen molar-refractivity contribution in [3.8, 4) is 0 Å². The van der Waals surface area contributed by atoms with Crippen molar-refractivity contribution in [3.05, 3.63) is 12.3 Å². The lowest BCUT2D eigenvalue weighted by Crippen LogP contribution is -2.17. The molecule has 0 aliphatic heterocycles. The molecule has 0 spiro atoms. The van der Waals surface area contributed by atoms with Crippen molar-refractivity contribution >= 4 is 0 Å². The molecular formula is C21H42O3. The van der Waals surface area contributed by atoms with Gasteiger partial charge in [0.15, 0.2) is 0 Å². The molecule has 1 unspecified atom stereocenters. The summed E-state index contributed by atoms with van der Waals surface area (Å²) in [6.07, 6.45) is 23.3. The first-order valence-electron chi connectivity index (χ1n) is 10.4. The van der Waals surface area contributed by atoms with Crippen molar-refractivity contribution < 1.29 is 14.9 Å². The van der Waals surface area contributed by atoms with Crippen LogP contribution >= 0.6 is 0 Å². The van der Waals surface area contributed by atoms with Crippen LogP contribution in [0.5, 0.6) is 0 Å². The summed E-state index contributed by atoms with van der Waals surface area (Å²) < 4.78 is 5.11. The zero-order chi connectivity index (χ0) is 17.7. The van der Waals surface area contributed by atoms with Gasteiger partial charge in [-0.05, 0) is 18.9 Å². The number of rotatable bonds is 19. The van der Waals surface area contributed by atoms with E-state index in [0.717, 1.165) is 6.42 Å². The Labute approximate surface area is 150 Å². The minimum Gasteiger partial charge on any atom is -0.499 e. The Kier molecular flexibility index (Phi) is 20.0. The number of allylic oxidation sites excluding steroid dienone is 1. The summed E-state index contributed by atoms with van der Waals surface area (Å²) in [4.78, 5) is 0. The molecule has 0 radical (unpaired) electrons. The SMILES string of the molecule is CCCCCCCCCCCCCCCC/C=C/OCC(O)CO. The Morgan fingerprint density at radius 2 is 1.21 bits per heavy atom. The summed E-state index contributed by atoms with van der Waals surface area (Å²) in [5.74, 6) is 0. The summed E-state index contributed by atoms with van der Waals surface area (Å²) in [5.41, 5.74) is 0. The second kappa shape index (κ2) is 20.5. The zero-order valence-corrected chi connectivity index (χ0v) is 16.1. The first-order chi connectivity index (χ1) is 11.8. The van der Waals surface area contributed by atoms with E-state index in [4.69, 9.17) is 14.9 Å². The van der Waals surface area contributed by atoms with Crippen LogP contribution in [-0.4, -0.2) is 29.5 Å². The average Bonchev–Trinajstić information content (AvgIpc) is 2.60. The lowest BCUT2D eigenvalue weighted by molar-refractivity contribution is 0.0383. The third-order valence-electron chi connectivity index (χ3n) is 4.42. The van der Waals surface area contributed by atoms with E-state index >= 15 is 0 Å². The summed E-state index contributed by atoms with van der Waals surface area (Å²) in [7, 11) is 0. The van der Waals surface area contributed by atoms with Gasteiger partial charge in [0.2, 0.25) is 0 Å². The van der Waals surface area contributed by atoms with E-state index in [1.54, 1.807) is 6.26 Å². The second-order valence-corrected chi connectivity index (χ2v) is 6.93. The third-order valence-corrected chi connectivity index (χ3v) is 4.42. The molecule has 0 aromatic rings. The van der Waals surface area contributed by atoms with Crippen LogP contribution < -0.4 is 0 Å². The third kappa shape index (κ3) is 19.5. The van der Waals surface area contributed by atoms with Crippen LogP contribution in [-0.2, 0) is 4.74 Å². The monoisotopic (exact) mass is 342 g/mol. The lowest BCUT2D eigenvalue weighted by atomic mass is 10.0. The molecule has 0 fully saturated rings. The summed E-state index contributed by atoms with van der Waals surface area (Å²) in [6, 6.07) is 0. The largest absolute Gasteiger partial charge is 0.499 e. The normalized spacial score (nSPS) is 12.8. The van der Waals surface area contributed by atoms with Gasteiger partial charge in [-0.25, -0.2) is 0 Å². The minimum absolute atomic E-state index is 0.172. The van der Waals surface area contributed by atoms with Crippen LogP contribution in [0.3, 0.4) is 0 Å². The van der Waals surface area contributed by atoms with Crippen molar-refractivity contribution in [1.82, 2.24) is 0 Å². The Bertz CT molecular complexity index is 253. The molecule has 3 nitrogen and oxygen atoms in total.